The van der Waals surface area contributed by atoms with Gasteiger partial charge in [-0.15, -0.1) is 0 Å². The molecule has 11 heteroatoms. The number of hydrogen-bond donors (Lipinski definition) is 3. The number of nitrogens with one attached hydrogen (secondary N) is 3. The molecule has 0 spiro atoms. The lowest BCUT2D eigenvalue weighted by Gasteiger charge is -2.33. The van der Waals surface area contributed by atoms with E-state index in [9.17, 15) is 18.0 Å². The highest BCUT2D eigenvalue weighted by atomic mass is 32.2. The van der Waals surface area contributed by atoms with Crippen LogP contribution >= 0.6 is 11.8 Å². The van der Waals surface area contributed by atoms with Crippen molar-refractivity contribution < 1.29 is 22.7 Å². The number of carbonyl (C=O) groups excluding carboxylic acids is 1. The van der Waals surface area contributed by atoms with Gasteiger partial charge in [0.1, 0.15) is 16.9 Å². The summed E-state index contributed by atoms with van der Waals surface area (Å²) in [7, 11) is 4.93. The highest BCUT2D eigenvalue weighted by molar-refractivity contribution is 7.99. The summed E-state index contributed by atoms with van der Waals surface area (Å²) in [4.78, 5) is 14.2. The Morgan fingerprint density at radius 1 is 1.29 bits per heavy atom. The van der Waals surface area contributed by atoms with Crippen LogP contribution in [-0.2, 0) is 0 Å². The second-order valence-corrected chi connectivity index (χ2v) is 9.83. The van der Waals surface area contributed by atoms with Crippen LogP contribution in [0.2, 0.25) is 0 Å². The SMILES string of the molecule is CNC(=O)c1cccc(OC)c1NCC#Cc1cc2c(N[C@@H]3CCN(C)C[C@@H]3F)cccn2c1SC(F)F. The van der Waals surface area contributed by atoms with E-state index in [0.29, 0.717) is 63.5 Å². The van der Waals surface area contributed by atoms with E-state index in [4.69, 9.17) is 4.74 Å². The summed E-state index contributed by atoms with van der Waals surface area (Å²) in [6, 6.07) is 10.0. The first-order chi connectivity index (χ1) is 18.3. The summed E-state index contributed by atoms with van der Waals surface area (Å²) in [5.41, 5.74) is 2.62. The Bertz CT molecular complexity index is 1350. The molecular weight excluding hydrogens is 515 g/mol. The number of ether oxygens (including phenoxy) is 1. The van der Waals surface area contributed by atoms with E-state index in [2.05, 4.69) is 27.8 Å². The Balaban J connectivity index is 1.61. The Hall–Kier alpha value is -3.49. The maximum Gasteiger partial charge on any atom is 0.290 e. The molecule has 0 bridgehead atoms. The minimum atomic E-state index is -2.64. The van der Waals surface area contributed by atoms with Crippen molar-refractivity contribution in [2.24, 2.45) is 0 Å². The van der Waals surface area contributed by atoms with Gasteiger partial charge in [-0.05, 0) is 55.6 Å². The Labute approximate surface area is 224 Å². The van der Waals surface area contributed by atoms with Gasteiger partial charge in [0, 0.05) is 26.3 Å². The van der Waals surface area contributed by atoms with Gasteiger partial charge in [-0.2, -0.15) is 8.78 Å². The maximum absolute atomic E-state index is 14.7. The first-order valence-corrected chi connectivity index (χ1v) is 13.0. The van der Waals surface area contributed by atoms with Crippen LogP contribution in [0.1, 0.15) is 22.3 Å². The molecule has 7 nitrogen and oxygen atoms in total. The zero-order valence-electron chi connectivity index (χ0n) is 21.4. The number of thioether (sulfide) groups is 1. The summed E-state index contributed by atoms with van der Waals surface area (Å²) in [5, 5.41) is 9.28. The topological polar surface area (TPSA) is 70.0 Å². The summed E-state index contributed by atoms with van der Waals surface area (Å²) in [6.45, 7) is 1.25. The van der Waals surface area contributed by atoms with Gasteiger partial charge >= 0.3 is 0 Å². The van der Waals surface area contributed by atoms with Gasteiger partial charge in [-0.3, -0.25) is 4.79 Å². The molecule has 1 amide bonds. The molecule has 2 atom stereocenters. The molecule has 202 valence electrons. The Morgan fingerprint density at radius 2 is 2.11 bits per heavy atom. The fourth-order valence-corrected chi connectivity index (χ4v) is 5.17. The number of carbonyl (C=O) groups is 1. The molecule has 1 aliphatic heterocycles. The molecule has 2 aromatic heterocycles. The van der Waals surface area contributed by atoms with E-state index in [1.54, 1.807) is 40.9 Å². The smallest absolute Gasteiger partial charge is 0.290 e. The van der Waals surface area contributed by atoms with Gasteiger partial charge < -0.3 is 30.0 Å². The van der Waals surface area contributed by atoms with E-state index in [1.807, 2.05) is 18.0 Å². The van der Waals surface area contributed by atoms with E-state index >= 15 is 0 Å². The predicted octanol–water partition coefficient (Wildman–Crippen LogP) is 4.54. The number of piperidine rings is 1. The third-order valence-corrected chi connectivity index (χ3v) is 7.16. The fourth-order valence-electron chi connectivity index (χ4n) is 4.49. The van der Waals surface area contributed by atoms with Crippen LogP contribution in [-0.4, -0.2) is 74.0 Å². The largest absolute Gasteiger partial charge is 0.495 e. The van der Waals surface area contributed by atoms with E-state index in [-0.39, 0.29) is 18.5 Å². The van der Waals surface area contributed by atoms with Crippen LogP contribution in [0, 0.1) is 11.8 Å². The average Bonchev–Trinajstić information content (AvgIpc) is 3.25. The van der Waals surface area contributed by atoms with Crippen LogP contribution in [0.5, 0.6) is 5.75 Å². The minimum Gasteiger partial charge on any atom is -0.495 e. The molecular formula is C27H30F3N5O2S. The number of aromatic nitrogens is 1. The van der Waals surface area contributed by atoms with Crippen molar-refractivity contribution in [2.45, 2.75) is 29.4 Å². The molecule has 0 radical (unpaired) electrons. The predicted molar refractivity (Wildman–Crippen MR) is 145 cm³/mol. The number of anilines is 2. The Morgan fingerprint density at radius 3 is 2.82 bits per heavy atom. The van der Waals surface area contributed by atoms with Gasteiger partial charge in [0.2, 0.25) is 0 Å². The lowest BCUT2D eigenvalue weighted by atomic mass is 10.0. The van der Waals surface area contributed by atoms with E-state index < -0.39 is 11.9 Å². The zero-order chi connectivity index (χ0) is 27.2. The number of amides is 1. The van der Waals surface area contributed by atoms with Crippen molar-refractivity contribution in [3.63, 3.8) is 0 Å². The average molecular weight is 546 g/mol. The molecule has 38 heavy (non-hydrogen) atoms. The zero-order valence-corrected chi connectivity index (χ0v) is 22.2. The van der Waals surface area contributed by atoms with Crippen molar-refractivity contribution in [1.29, 1.82) is 0 Å². The highest BCUT2D eigenvalue weighted by Gasteiger charge is 2.28. The van der Waals surface area contributed by atoms with E-state index in [1.165, 1.54) is 14.2 Å². The normalized spacial score (nSPS) is 17.7. The maximum atomic E-state index is 14.7. The van der Waals surface area contributed by atoms with E-state index in [0.717, 1.165) is 6.54 Å². The molecule has 0 unspecified atom stereocenters. The van der Waals surface area contributed by atoms with Crippen LogP contribution < -0.4 is 20.7 Å². The van der Waals surface area contributed by atoms with Crippen LogP contribution in [0.3, 0.4) is 0 Å². The second-order valence-electron chi connectivity index (χ2n) is 8.85. The first-order valence-electron chi connectivity index (χ1n) is 12.1. The fraction of sp³-hybridized carbons (Fsp3) is 0.370. The van der Waals surface area contributed by atoms with Gasteiger partial charge in [-0.25, -0.2) is 4.39 Å². The Kier molecular flexibility index (Phi) is 8.97. The van der Waals surface area contributed by atoms with Crippen LogP contribution in [0.25, 0.3) is 5.52 Å². The summed E-state index contributed by atoms with van der Waals surface area (Å²) >= 11 is 0.412. The molecule has 1 fully saturated rings. The quantitative estimate of drug-likeness (QED) is 0.285. The van der Waals surface area contributed by atoms with Crippen LogP contribution in [0.4, 0.5) is 24.5 Å². The molecule has 3 N–H and O–H groups in total. The number of alkyl halides is 3. The van der Waals surface area contributed by atoms with Gasteiger partial charge in [0.25, 0.3) is 11.7 Å². The van der Waals surface area contributed by atoms with Gasteiger partial charge in [0.15, 0.2) is 0 Å². The van der Waals surface area contributed by atoms with Crippen molar-refractivity contribution >= 4 is 34.6 Å². The molecule has 1 aromatic carbocycles. The van der Waals surface area contributed by atoms with Crippen molar-refractivity contribution in [3.8, 4) is 17.6 Å². The molecule has 1 aliphatic rings. The molecule has 3 heterocycles. The third-order valence-electron chi connectivity index (χ3n) is 6.34. The number of fused-ring (bicyclic) bond motifs is 1. The first kappa shape index (κ1) is 27.5. The third kappa shape index (κ3) is 6.14. The summed E-state index contributed by atoms with van der Waals surface area (Å²) in [5.74, 6) is 3.51. The minimum absolute atomic E-state index is 0.138. The number of para-hydroxylation sites is 1. The van der Waals surface area contributed by atoms with Crippen LogP contribution in [0.15, 0.2) is 47.6 Å². The monoisotopic (exact) mass is 545 g/mol. The molecule has 1 saturated heterocycles. The number of benzene rings is 1. The van der Waals surface area contributed by atoms with Crippen molar-refractivity contribution in [2.75, 3.05) is 51.5 Å². The van der Waals surface area contributed by atoms with Gasteiger partial charge in [-0.1, -0.05) is 17.9 Å². The van der Waals surface area contributed by atoms with Crippen molar-refractivity contribution in [1.82, 2.24) is 14.6 Å². The number of halogens is 3. The number of hydrogen-bond acceptors (Lipinski definition) is 6. The molecule has 0 aliphatic carbocycles. The summed E-state index contributed by atoms with van der Waals surface area (Å²) in [6.07, 6.45) is 1.29. The van der Waals surface area contributed by atoms with Gasteiger partial charge in [0.05, 0.1) is 47.7 Å². The number of rotatable bonds is 8. The second kappa shape index (κ2) is 12.4. The number of pyridine rings is 1. The lowest BCUT2D eigenvalue weighted by Crippen LogP contribution is -2.46. The molecule has 4 rings (SSSR count). The van der Waals surface area contributed by atoms with Crippen molar-refractivity contribution in [3.05, 3.63) is 53.7 Å². The summed E-state index contributed by atoms with van der Waals surface area (Å²) < 4.78 is 48.7. The number of methoxy groups -OCH3 is 1. The standard InChI is InChI=1S/C27H30F3N5O2S/c1-31-25(36)18-8-4-10-23(37-3)24(18)32-12-5-7-17-15-22-21(33-20-11-14-34(2)16-19(20)28)9-6-13-35(22)26(17)38-27(29)30/h4,6,8-10,13,15,19-20,27,32-33H,11-12,14,16H2,1-3H3,(H,31,36)/t19-,20+/m0/s1. The number of likely N-dealkylation sites (tertiary alicyclic amines) is 1. The molecule has 0 saturated carbocycles. The molecule has 3 aromatic rings. The number of nitrogens with zero attached hydrogens (tertiary/aromatic N) is 2. The lowest BCUT2D eigenvalue weighted by molar-refractivity contribution is 0.0963. The highest BCUT2D eigenvalue weighted by Crippen LogP contribution is 2.34.